The number of ether oxygens (including phenoxy) is 1. The standard InChI is InChI=1S/C25H23N3O/c1-29-21-8-6-19-14-20(16-27-23-9-7-17-4-2-3-5-22(17)23)25(28-24(19)15-21)18-10-12-26-13-11-18/h2-6,8,10-15,23,27H,7,9,16H2,1H3. The van der Waals surface area contributed by atoms with Crippen molar-refractivity contribution in [2.45, 2.75) is 25.4 Å². The van der Waals surface area contributed by atoms with Crippen LogP contribution in [0.3, 0.4) is 0 Å². The maximum Gasteiger partial charge on any atom is 0.121 e. The minimum absolute atomic E-state index is 0.392. The lowest BCUT2D eigenvalue weighted by atomic mass is 10.0. The highest BCUT2D eigenvalue weighted by atomic mass is 16.5. The van der Waals surface area contributed by atoms with Crippen LogP contribution in [0.4, 0.5) is 0 Å². The van der Waals surface area contributed by atoms with E-state index >= 15 is 0 Å². The summed E-state index contributed by atoms with van der Waals surface area (Å²) in [6.07, 6.45) is 5.91. The maximum atomic E-state index is 5.38. The van der Waals surface area contributed by atoms with Gasteiger partial charge in [-0.25, -0.2) is 4.98 Å². The van der Waals surface area contributed by atoms with Gasteiger partial charge in [-0.3, -0.25) is 4.98 Å². The average Bonchev–Trinajstić information content (AvgIpc) is 3.20. The first-order chi connectivity index (χ1) is 14.3. The number of aryl methyl sites for hydroxylation is 1. The molecule has 4 aromatic rings. The predicted octanol–water partition coefficient (Wildman–Crippen LogP) is 5.08. The first-order valence-corrected chi connectivity index (χ1v) is 10.0. The fraction of sp³-hybridized carbons (Fsp3) is 0.200. The number of hydrogen-bond donors (Lipinski definition) is 1. The van der Waals surface area contributed by atoms with E-state index in [0.29, 0.717) is 6.04 Å². The van der Waals surface area contributed by atoms with E-state index in [4.69, 9.17) is 9.72 Å². The number of nitrogens with zero attached hydrogens (tertiary/aromatic N) is 2. The van der Waals surface area contributed by atoms with Crippen LogP contribution in [0, 0.1) is 0 Å². The van der Waals surface area contributed by atoms with Gasteiger partial charge in [-0.15, -0.1) is 0 Å². The van der Waals surface area contributed by atoms with Gasteiger partial charge in [0, 0.05) is 42.0 Å². The van der Waals surface area contributed by atoms with Crippen molar-refractivity contribution in [1.82, 2.24) is 15.3 Å². The Hall–Kier alpha value is -3.24. The molecule has 1 unspecified atom stereocenters. The Morgan fingerprint density at radius 3 is 2.76 bits per heavy atom. The Morgan fingerprint density at radius 2 is 1.90 bits per heavy atom. The highest BCUT2D eigenvalue weighted by Gasteiger charge is 2.22. The minimum atomic E-state index is 0.392. The molecule has 2 heterocycles. The van der Waals surface area contributed by atoms with Crippen LogP contribution in [-0.2, 0) is 13.0 Å². The molecule has 0 saturated carbocycles. The number of hydrogen-bond acceptors (Lipinski definition) is 4. The van der Waals surface area contributed by atoms with Gasteiger partial charge in [0.2, 0.25) is 0 Å². The predicted molar refractivity (Wildman–Crippen MR) is 116 cm³/mol. The van der Waals surface area contributed by atoms with Gasteiger partial charge in [-0.1, -0.05) is 24.3 Å². The summed E-state index contributed by atoms with van der Waals surface area (Å²) in [7, 11) is 1.68. The molecule has 0 spiro atoms. The molecule has 2 aromatic heterocycles. The van der Waals surface area contributed by atoms with Crippen molar-refractivity contribution in [3.63, 3.8) is 0 Å². The van der Waals surface area contributed by atoms with E-state index in [1.54, 1.807) is 7.11 Å². The van der Waals surface area contributed by atoms with Crippen molar-refractivity contribution in [2.75, 3.05) is 7.11 Å². The molecule has 1 N–H and O–H groups in total. The summed E-state index contributed by atoms with van der Waals surface area (Å²) in [6.45, 7) is 0.769. The number of pyridine rings is 2. The maximum absolute atomic E-state index is 5.38. The molecule has 5 rings (SSSR count). The lowest BCUT2D eigenvalue weighted by molar-refractivity contribution is 0.415. The van der Waals surface area contributed by atoms with Crippen molar-refractivity contribution in [3.8, 4) is 17.0 Å². The Balaban J connectivity index is 1.52. The summed E-state index contributed by atoms with van der Waals surface area (Å²) in [5.41, 5.74) is 7.09. The second-order valence-electron chi connectivity index (χ2n) is 7.46. The van der Waals surface area contributed by atoms with Gasteiger partial charge in [0.25, 0.3) is 0 Å². The third kappa shape index (κ3) is 3.47. The van der Waals surface area contributed by atoms with E-state index in [2.05, 4.69) is 46.7 Å². The van der Waals surface area contributed by atoms with E-state index in [0.717, 1.165) is 47.3 Å². The van der Waals surface area contributed by atoms with Gasteiger partial charge in [0.05, 0.1) is 18.3 Å². The van der Waals surface area contributed by atoms with Crippen molar-refractivity contribution in [3.05, 3.63) is 89.7 Å². The van der Waals surface area contributed by atoms with Gasteiger partial charge < -0.3 is 10.1 Å². The van der Waals surface area contributed by atoms with E-state index in [1.165, 1.54) is 16.7 Å². The molecule has 4 nitrogen and oxygen atoms in total. The molecule has 1 atom stereocenters. The zero-order chi connectivity index (χ0) is 19.6. The van der Waals surface area contributed by atoms with Gasteiger partial charge >= 0.3 is 0 Å². The topological polar surface area (TPSA) is 47.0 Å². The number of fused-ring (bicyclic) bond motifs is 2. The normalized spacial score (nSPS) is 15.4. The molecule has 144 valence electrons. The van der Waals surface area contributed by atoms with Crippen LogP contribution in [0.1, 0.15) is 29.2 Å². The molecule has 0 fully saturated rings. The van der Waals surface area contributed by atoms with E-state index in [9.17, 15) is 0 Å². The third-order valence-electron chi connectivity index (χ3n) is 5.73. The molecule has 1 aliphatic rings. The number of nitrogens with one attached hydrogen (secondary N) is 1. The molecular weight excluding hydrogens is 358 g/mol. The first-order valence-electron chi connectivity index (χ1n) is 10.0. The molecule has 29 heavy (non-hydrogen) atoms. The van der Waals surface area contributed by atoms with Crippen LogP contribution in [0.5, 0.6) is 5.75 Å². The average molecular weight is 381 g/mol. The summed E-state index contributed by atoms with van der Waals surface area (Å²) in [5.74, 6) is 0.819. The minimum Gasteiger partial charge on any atom is -0.497 e. The van der Waals surface area contributed by atoms with Crippen LogP contribution >= 0.6 is 0 Å². The lowest BCUT2D eigenvalue weighted by Gasteiger charge is -2.17. The Labute approximate surface area is 170 Å². The van der Waals surface area contributed by atoms with Crippen LogP contribution in [0.15, 0.2) is 73.1 Å². The summed E-state index contributed by atoms with van der Waals surface area (Å²) in [6, 6.07) is 21.5. The first kappa shape index (κ1) is 17.8. The smallest absolute Gasteiger partial charge is 0.121 e. The zero-order valence-electron chi connectivity index (χ0n) is 16.4. The third-order valence-corrected chi connectivity index (χ3v) is 5.73. The van der Waals surface area contributed by atoms with Crippen molar-refractivity contribution in [1.29, 1.82) is 0 Å². The molecule has 0 radical (unpaired) electrons. The lowest BCUT2D eigenvalue weighted by Crippen LogP contribution is -2.19. The van der Waals surface area contributed by atoms with Crippen molar-refractivity contribution >= 4 is 10.9 Å². The van der Waals surface area contributed by atoms with Crippen LogP contribution < -0.4 is 10.1 Å². The van der Waals surface area contributed by atoms with Crippen LogP contribution in [-0.4, -0.2) is 17.1 Å². The van der Waals surface area contributed by atoms with Gasteiger partial charge in [-0.05, 0) is 59.9 Å². The molecule has 0 amide bonds. The Morgan fingerprint density at radius 1 is 1.03 bits per heavy atom. The second kappa shape index (κ2) is 7.64. The van der Waals surface area contributed by atoms with Crippen LogP contribution in [0.25, 0.3) is 22.2 Å². The highest BCUT2D eigenvalue weighted by Crippen LogP contribution is 2.32. The molecule has 1 aliphatic carbocycles. The fourth-order valence-electron chi connectivity index (χ4n) is 4.21. The summed E-state index contributed by atoms with van der Waals surface area (Å²) >= 11 is 0. The van der Waals surface area contributed by atoms with Gasteiger partial charge in [-0.2, -0.15) is 0 Å². The Kier molecular flexibility index (Phi) is 4.70. The summed E-state index contributed by atoms with van der Waals surface area (Å²) < 4.78 is 5.38. The van der Waals surface area contributed by atoms with E-state index in [1.807, 2.05) is 36.7 Å². The quantitative estimate of drug-likeness (QED) is 0.523. The summed E-state index contributed by atoms with van der Waals surface area (Å²) in [4.78, 5) is 9.16. The number of rotatable bonds is 5. The largest absolute Gasteiger partial charge is 0.497 e. The zero-order valence-corrected chi connectivity index (χ0v) is 16.4. The molecule has 0 bridgehead atoms. The Bertz CT molecular complexity index is 1160. The van der Waals surface area contributed by atoms with Gasteiger partial charge in [0.1, 0.15) is 5.75 Å². The number of benzene rings is 2. The number of methoxy groups -OCH3 is 1. The van der Waals surface area contributed by atoms with Crippen LogP contribution in [0.2, 0.25) is 0 Å². The van der Waals surface area contributed by atoms with Crippen molar-refractivity contribution < 1.29 is 4.74 Å². The monoisotopic (exact) mass is 381 g/mol. The molecule has 4 heteroatoms. The summed E-state index contributed by atoms with van der Waals surface area (Å²) in [5, 5.41) is 4.89. The van der Waals surface area contributed by atoms with Gasteiger partial charge in [0.15, 0.2) is 0 Å². The molecule has 0 aliphatic heterocycles. The molecular formula is C25H23N3O. The van der Waals surface area contributed by atoms with E-state index < -0.39 is 0 Å². The second-order valence-corrected chi connectivity index (χ2v) is 7.46. The highest BCUT2D eigenvalue weighted by molar-refractivity contribution is 5.84. The SMILES string of the molecule is COc1ccc2cc(CNC3CCc4ccccc43)c(-c3ccncc3)nc2c1. The molecule has 0 saturated heterocycles. The molecule has 2 aromatic carbocycles. The van der Waals surface area contributed by atoms with E-state index in [-0.39, 0.29) is 0 Å². The number of aromatic nitrogens is 2. The fourth-order valence-corrected chi connectivity index (χ4v) is 4.21. The van der Waals surface area contributed by atoms with Crippen molar-refractivity contribution in [2.24, 2.45) is 0 Å².